The first-order valence-corrected chi connectivity index (χ1v) is 12.3. The van der Waals surface area contributed by atoms with E-state index in [0.29, 0.717) is 27.7 Å². The van der Waals surface area contributed by atoms with Crippen molar-refractivity contribution in [3.8, 4) is 0 Å². The highest BCUT2D eigenvalue weighted by Crippen LogP contribution is 2.39. The SMILES string of the molecule is CC1CCCN(CCCNC(=O)c2ccc3c(c2)NC(=O)/C(=C\c2cccc(Cl)c2)S3)C1. The Kier molecular flexibility index (Phi) is 7.55. The topological polar surface area (TPSA) is 61.4 Å². The van der Waals surface area contributed by atoms with E-state index in [0.717, 1.165) is 42.4 Å². The standard InChI is InChI=1S/C25H28ClN3O2S/c1-17-5-3-11-29(16-17)12-4-10-27-24(30)19-8-9-22-21(15-19)28-25(31)23(32-22)14-18-6-2-7-20(26)13-18/h2,6-9,13-15,17H,3-5,10-12,16H2,1H3,(H,27,30)(H,28,31)/b23-14+. The minimum absolute atomic E-state index is 0.112. The molecule has 168 valence electrons. The second-order valence-electron chi connectivity index (χ2n) is 8.49. The fourth-order valence-corrected chi connectivity index (χ4v) is 5.28. The van der Waals surface area contributed by atoms with Gasteiger partial charge in [-0.25, -0.2) is 0 Å². The third-order valence-electron chi connectivity index (χ3n) is 5.76. The van der Waals surface area contributed by atoms with Crippen molar-refractivity contribution in [3.05, 3.63) is 63.5 Å². The predicted octanol–water partition coefficient (Wildman–Crippen LogP) is 5.28. The van der Waals surface area contributed by atoms with Gasteiger partial charge in [-0.3, -0.25) is 9.59 Å². The zero-order chi connectivity index (χ0) is 22.5. The fourth-order valence-electron chi connectivity index (χ4n) is 4.15. The van der Waals surface area contributed by atoms with Gasteiger partial charge < -0.3 is 15.5 Å². The van der Waals surface area contributed by atoms with Gasteiger partial charge in [-0.15, -0.1) is 0 Å². The first-order chi connectivity index (χ1) is 15.5. The number of anilines is 1. The van der Waals surface area contributed by atoms with Crippen LogP contribution in [0.5, 0.6) is 0 Å². The predicted molar refractivity (Wildman–Crippen MR) is 132 cm³/mol. The van der Waals surface area contributed by atoms with Gasteiger partial charge in [0.15, 0.2) is 0 Å². The molecule has 0 aromatic heterocycles. The maximum Gasteiger partial charge on any atom is 0.262 e. The van der Waals surface area contributed by atoms with Crippen LogP contribution in [0.3, 0.4) is 0 Å². The van der Waals surface area contributed by atoms with E-state index < -0.39 is 0 Å². The van der Waals surface area contributed by atoms with Crippen molar-refractivity contribution in [1.29, 1.82) is 0 Å². The molecule has 1 saturated heterocycles. The van der Waals surface area contributed by atoms with E-state index in [9.17, 15) is 9.59 Å². The first-order valence-electron chi connectivity index (χ1n) is 11.1. The molecule has 32 heavy (non-hydrogen) atoms. The molecule has 2 aromatic rings. The molecule has 2 aliphatic heterocycles. The van der Waals surface area contributed by atoms with Crippen LogP contribution in [0, 0.1) is 5.92 Å². The molecule has 0 saturated carbocycles. The number of fused-ring (bicyclic) bond motifs is 1. The number of nitrogens with one attached hydrogen (secondary N) is 2. The number of halogens is 1. The molecule has 2 aromatic carbocycles. The molecule has 2 N–H and O–H groups in total. The number of piperidine rings is 1. The molecule has 2 heterocycles. The summed E-state index contributed by atoms with van der Waals surface area (Å²) in [5.41, 5.74) is 2.09. The first kappa shape index (κ1) is 22.9. The summed E-state index contributed by atoms with van der Waals surface area (Å²) in [6.45, 7) is 6.28. The monoisotopic (exact) mass is 469 g/mol. The molecule has 0 radical (unpaired) electrons. The number of hydrogen-bond donors (Lipinski definition) is 2. The van der Waals surface area contributed by atoms with E-state index in [2.05, 4.69) is 22.5 Å². The molecule has 2 aliphatic rings. The molecule has 0 spiro atoms. The van der Waals surface area contributed by atoms with E-state index in [1.165, 1.54) is 24.6 Å². The van der Waals surface area contributed by atoms with E-state index in [1.54, 1.807) is 12.1 Å². The highest BCUT2D eigenvalue weighted by molar-refractivity contribution is 8.04. The largest absolute Gasteiger partial charge is 0.352 e. The van der Waals surface area contributed by atoms with E-state index >= 15 is 0 Å². The van der Waals surface area contributed by atoms with E-state index in [-0.39, 0.29) is 11.8 Å². The Labute approximate surface area is 198 Å². The molecule has 2 amide bonds. The molecule has 1 atom stereocenters. The van der Waals surface area contributed by atoms with Crippen LogP contribution in [0.25, 0.3) is 6.08 Å². The van der Waals surface area contributed by atoms with Crippen molar-refractivity contribution in [2.24, 2.45) is 5.92 Å². The maximum atomic E-state index is 12.6. The molecule has 7 heteroatoms. The normalized spacial score (nSPS) is 20.0. The lowest BCUT2D eigenvalue weighted by Crippen LogP contribution is -2.36. The summed E-state index contributed by atoms with van der Waals surface area (Å²) in [7, 11) is 0. The molecule has 1 fully saturated rings. The zero-order valence-corrected chi connectivity index (χ0v) is 19.8. The molecule has 0 aliphatic carbocycles. The van der Waals surface area contributed by atoms with Gasteiger partial charge in [0, 0.05) is 28.6 Å². The van der Waals surface area contributed by atoms with E-state index in [1.807, 2.05) is 36.4 Å². The number of nitrogens with zero attached hydrogens (tertiary/aromatic N) is 1. The molecule has 1 unspecified atom stereocenters. The van der Waals surface area contributed by atoms with Crippen LogP contribution in [0.2, 0.25) is 5.02 Å². The van der Waals surface area contributed by atoms with Crippen LogP contribution >= 0.6 is 23.4 Å². The second kappa shape index (κ2) is 10.6. The van der Waals surface area contributed by atoms with Crippen molar-refractivity contribution >= 4 is 46.9 Å². The average molecular weight is 470 g/mol. The van der Waals surface area contributed by atoms with Crippen LogP contribution in [-0.4, -0.2) is 42.9 Å². The molecule has 4 rings (SSSR count). The number of carbonyl (C=O) groups is 2. The summed E-state index contributed by atoms with van der Waals surface area (Å²) in [5.74, 6) is 0.470. The smallest absolute Gasteiger partial charge is 0.262 e. The fraction of sp³-hybridized carbons (Fsp3) is 0.360. The number of benzene rings is 2. The van der Waals surface area contributed by atoms with Gasteiger partial charge in [-0.2, -0.15) is 0 Å². The van der Waals surface area contributed by atoms with Crippen molar-refractivity contribution < 1.29 is 9.59 Å². The number of likely N-dealkylation sites (tertiary alicyclic amines) is 1. The number of hydrogen-bond acceptors (Lipinski definition) is 4. The highest BCUT2D eigenvalue weighted by atomic mass is 35.5. The minimum Gasteiger partial charge on any atom is -0.352 e. The Balaban J connectivity index is 1.33. The second-order valence-corrected chi connectivity index (χ2v) is 10.0. The Morgan fingerprint density at radius 2 is 2.19 bits per heavy atom. The van der Waals surface area contributed by atoms with Gasteiger partial charge in [0.05, 0.1) is 10.6 Å². The summed E-state index contributed by atoms with van der Waals surface area (Å²) in [6, 6.07) is 12.8. The summed E-state index contributed by atoms with van der Waals surface area (Å²) in [6.07, 6.45) is 5.34. The van der Waals surface area contributed by atoms with Crippen molar-refractivity contribution in [2.75, 3.05) is 31.5 Å². The van der Waals surface area contributed by atoms with Gasteiger partial charge in [0.1, 0.15) is 0 Å². The number of thioether (sulfide) groups is 1. The number of carbonyl (C=O) groups excluding carboxylic acids is 2. The van der Waals surface area contributed by atoms with Crippen LogP contribution in [-0.2, 0) is 4.79 Å². The lowest BCUT2D eigenvalue weighted by molar-refractivity contribution is -0.112. The highest BCUT2D eigenvalue weighted by Gasteiger charge is 2.22. The Bertz CT molecular complexity index is 1040. The van der Waals surface area contributed by atoms with Gasteiger partial charge >= 0.3 is 0 Å². The van der Waals surface area contributed by atoms with E-state index in [4.69, 9.17) is 11.6 Å². The summed E-state index contributed by atoms with van der Waals surface area (Å²) in [4.78, 5) is 29.1. The lowest BCUT2D eigenvalue weighted by atomic mass is 10.0. The van der Waals surface area contributed by atoms with Gasteiger partial charge in [0.25, 0.3) is 11.8 Å². The average Bonchev–Trinajstić information content (AvgIpc) is 2.77. The van der Waals surface area contributed by atoms with Gasteiger partial charge in [-0.05, 0) is 80.2 Å². The van der Waals surface area contributed by atoms with Crippen molar-refractivity contribution in [2.45, 2.75) is 31.1 Å². The molecule has 5 nitrogen and oxygen atoms in total. The third kappa shape index (κ3) is 5.94. The summed E-state index contributed by atoms with van der Waals surface area (Å²) in [5, 5.41) is 6.54. The quantitative estimate of drug-likeness (QED) is 0.446. The zero-order valence-electron chi connectivity index (χ0n) is 18.2. The summed E-state index contributed by atoms with van der Waals surface area (Å²) < 4.78 is 0. The van der Waals surface area contributed by atoms with Crippen molar-refractivity contribution in [1.82, 2.24) is 10.2 Å². The molecular weight excluding hydrogens is 442 g/mol. The van der Waals surface area contributed by atoms with Crippen LogP contribution in [0.4, 0.5) is 5.69 Å². The maximum absolute atomic E-state index is 12.6. The molecular formula is C25H28ClN3O2S. The Hall–Kier alpha value is -2.28. The van der Waals surface area contributed by atoms with Gasteiger partial charge in [0.2, 0.25) is 0 Å². The Morgan fingerprint density at radius 3 is 3.00 bits per heavy atom. The minimum atomic E-state index is -0.184. The van der Waals surface area contributed by atoms with Crippen molar-refractivity contribution in [3.63, 3.8) is 0 Å². The Morgan fingerprint density at radius 1 is 1.31 bits per heavy atom. The molecule has 0 bridgehead atoms. The van der Waals surface area contributed by atoms with Gasteiger partial charge in [-0.1, -0.05) is 42.4 Å². The number of amides is 2. The van der Waals surface area contributed by atoms with Crippen LogP contribution in [0.1, 0.15) is 42.1 Å². The summed E-state index contributed by atoms with van der Waals surface area (Å²) >= 11 is 7.43. The number of rotatable bonds is 6. The third-order valence-corrected chi connectivity index (χ3v) is 7.09. The van der Waals surface area contributed by atoms with Crippen LogP contribution < -0.4 is 10.6 Å². The lowest BCUT2D eigenvalue weighted by Gasteiger charge is -2.30. The van der Waals surface area contributed by atoms with Crippen LogP contribution in [0.15, 0.2) is 52.3 Å².